The molecule has 0 spiro atoms. The highest BCUT2D eigenvalue weighted by molar-refractivity contribution is 7.47. The predicted octanol–water partition coefficient (Wildman–Crippen LogP) is 9.67. The fraction of sp³-hybridized carbons (Fsp3) is 0.769. The number of hydrogen-bond acceptors (Lipinski definition) is 9. The number of esters is 2. The van der Waals surface area contributed by atoms with E-state index in [0.717, 1.165) is 57.8 Å². The van der Waals surface area contributed by atoms with Gasteiger partial charge in [-0.2, -0.15) is 0 Å². The fourth-order valence-electron chi connectivity index (χ4n) is 5.01. The molecule has 0 saturated carbocycles. The van der Waals surface area contributed by atoms with E-state index in [1.807, 2.05) is 0 Å². The van der Waals surface area contributed by atoms with Crippen LogP contribution in [0.2, 0.25) is 0 Å². The number of hydrogen-bond donors (Lipinski definition) is 3. The summed E-state index contributed by atoms with van der Waals surface area (Å²) in [7, 11) is -4.71. The number of carbonyl (C=O) groups is 3. The van der Waals surface area contributed by atoms with Gasteiger partial charge in [0.05, 0.1) is 13.2 Å². The van der Waals surface area contributed by atoms with Gasteiger partial charge in [-0.05, 0) is 51.4 Å². The molecule has 0 bridgehead atoms. The topological polar surface area (TPSA) is 172 Å². The predicted molar refractivity (Wildman–Crippen MR) is 203 cm³/mol. The molecule has 3 atom stereocenters. The molecule has 0 heterocycles. The first-order chi connectivity index (χ1) is 24.6. The summed E-state index contributed by atoms with van der Waals surface area (Å²) in [4.78, 5) is 45.7. The molecular formula is C39H70NO10P. The third kappa shape index (κ3) is 34.5. The van der Waals surface area contributed by atoms with E-state index in [0.29, 0.717) is 12.8 Å². The van der Waals surface area contributed by atoms with Gasteiger partial charge in [0.2, 0.25) is 0 Å². The molecule has 51 heavy (non-hydrogen) atoms. The zero-order valence-electron chi connectivity index (χ0n) is 31.7. The molecule has 1 unspecified atom stereocenters. The third-order valence-corrected chi connectivity index (χ3v) is 9.09. The van der Waals surface area contributed by atoms with Crippen LogP contribution >= 0.6 is 7.82 Å². The van der Waals surface area contributed by atoms with E-state index in [9.17, 15) is 23.8 Å². The normalized spacial score (nSPS) is 14.3. The van der Waals surface area contributed by atoms with Crippen LogP contribution in [0.4, 0.5) is 0 Å². The van der Waals surface area contributed by atoms with Crippen molar-refractivity contribution in [3.05, 3.63) is 36.5 Å². The number of carbonyl (C=O) groups excluding carboxylic acids is 2. The Hall–Kier alpha value is -2.30. The second-order valence-electron chi connectivity index (χ2n) is 13.1. The van der Waals surface area contributed by atoms with Gasteiger partial charge in [0, 0.05) is 12.8 Å². The average molecular weight is 744 g/mol. The molecule has 0 aromatic heterocycles. The van der Waals surface area contributed by atoms with Crippen LogP contribution in [-0.4, -0.2) is 59.9 Å². The molecular weight excluding hydrogens is 673 g/mol. The maximum atomic E-state index is 12.5. The van der Waals surface area contributed by atoms with Crippen molar-refractivity contribution in [2.24, 2.45) is 5.73 Å². The molecule has 0 fully saturated rings. The summed E-state index contributed by atoms with van der Waals surface area (Å²) in [5.41, 5.74) is 5.31. The lowest BCUT2D eigenvalue weighted by molar-refractivity contribution is -0.161. The zero-order valence-corrected chi connectivity index (χ0v) is 32.6. The summed E-state index contributed by atoms with van der Waals surface area (Å²) >= 11 is 0. The van der Waals surface area contributed by atoms with Gasteiger partial charge in [-0.15, -0.1) is 0 Å². The smallest absolute Gasteiger partial charge is 0.472 e. The molecule has 4 N–H and O–H groups in total. The Morgan fingerprint density at radius 3 is 1.59 bits per heavy atom. The SMILES string of the molecule is CCCCC/C=C\C/C=C\C/C=C\CCCCCCC(=O)OC[C@H](COP(=O)(O)OC[C@H](N)C(=O)O)OC(=O)CCCCCCCCCCCC. The van der Waals surface area contributed by atoms with Gasteiger partial charge in [0.1, 0.15) is 12.6 Å². The van der Waals surface area contributed by atoms with Crippen molar-refractivity contribution in [3.8, 4) is 0 Å². The summed E-state index contributed by atoms with van der Waals surface area (Å²) in [5.74, 6) is -2.41. The first-order valence-corrected chi connectivity index (χ1v) is 21.0. The lowest BCUT2D eigenvalue weighted by atomic mass is 10.1. The van der Waals surface area contributed by atoms with Gasteiger partial charge in [-0.1, -0.05) is 134 Å². The third-order valence-electron chi connectivity index (χ3n) is 8.14. The van der Waals surface area contributed by atoms with E-state index >= 15 is 0 Å². The minimum Gasteiger partial charge on any atom is -0.480 e. The van der Waals surface area contributed by atoms with Gasteiger partial charge in [-0.25, -0.2) is 4.57 Å². The largest absolute Gasteiger partial charge is 0.480 e. The highest BCUT2D eigenvalue weighted by Crippen LogP contribution is 2.43. The standard InChI is InChI=1S/C39H70NO10P/c1-3-5-7-9-11-13-15-16-17-18-19-20-21-23-24-26-28-30-37(41)47-32-35(33-48-51(45,46)49-34-36(40)39(43)44)50-38(42)31-29-27-25-22-14-12-10-8-6-4-2/h11,13,16-17,19-20,35-36H,3-10,12,14-15,18,21-34,40H2,1-2H3,(H,43,44)(H,45,46)/b13-11-,17-16-,20-19-/t35-,36+/m1/s1. The number of ether oxygens (including phenoxy) is 2. The first kappa shape index (κ1) is 48.7. The van der Waals surface area contributed by atoms with E-state index in [4.69, 9.17) is 24.8 Å². The Morgan fingerprint density at radius 1 is 0.608 bits per heavy atom. The molecule has 11 nitrogen and oxygen atoms in total. The lowest BCUT2D eigenvalue weighted by Gasteiger charge is -2.20. The van der Waals surface area contributed by atoms with E-state index in [1.54, 1.807) is 0 Å². The Bertz CT molecular complexity index is 1020. The Labute approximate surface area is 308 Å². The Morgan fingerprint density at radius 2 is 1.04 bits per heavy atom. The number of carboxylic acid groups (broad SMARTS) is 1. The van der Waals surface area contributed by atoms with E-state index in [2.05, 4.69) is 54.8 Å². The van der Waals surface area contributed by atoms with Gasteiger partial charge in [-0.3, -0.25) is 23.4 Å². The number of unbranched alkanes of at least 4 members (excludes halogenated alkanes) is 16. The monoisotopic (exact) mass is 743 g/mol. The summed E-state index contributed by atoms with van der Waals surface area (Å²) < 4.78 is 32.5. The molecule has 12 heteroatoms. The van der Waals surface area contributed by atoms with Crippen LogP contribution in [0, 0.1) is 0 Å². The number of phosphoric acid groups is 1. The molecule has 0 rings (SSSR count). The van der Waals surface area contributed by atoms with Crippen LogP contribution < -0.4 is 5.73 Å². The van der Waals surface area contributed by atoms with Crippen LogP contribution in [0.5, 0.6) is 0 Å². The van der Waals surface area contributed by atoms with Crippen LogP contribution in [0.3, 0.4) is 0 Å². The van der Waals surface area contributed by atoms with Crippen molar-refractivity contribution in [1.82, 2.24) is 0 Å². The van der Waals surface area contributed by atoms with Crippen LogP contribution in [0.15, 0.2) is 36.5 Å². The number of carboxylic acids is 1. The van der Waals surface area contributed by atoms with Crippen molar-refractivity contribution in [2.75, 3.05) is 19.8 Å². The number of aliphatic carboxylic acids is 1. The molecule has 296 valence electrons. The molecule has 0 saturated heterocycles. The number of nitrogens with two attached hydrogens (primary N) is 1. The minimum atomic E-state index is -4.71. The van der Waals surface area contributed by atoms with E-state index in [1.165, 1.54) is 64.2 Å². The van der Waals surface area contributed by atoms with Crippen molar-refractivity contribution < 1.29 is 47.5 Å². The average Bonchev–Trinajstić information content (AvgIpc) is 3.10. The van der Waals surface area contributed by atoms with Crippen molar-refractivity contribution in [2.45, 2.75) is 174 Å². The van der Waals surface area contributed by atoms with E-state index in [-0.39, 0.29) is 19.4 Å². The van der Waals surface area contributed by atoms with Crippen molar-refractivity contribution in [3.63, 3.8) is 0 Å². The fourth-order valence-corrected chi connectivity index (χ4v) is 5.79. The quantitative estimate of drug-likeness (QED) is 0.0241. The zero-order chi connectivity index (χ0) is 37.8. The van der Waals surface area contributed by atoms with Gasteiger partial charge in [0.25, 0.3) is 0 Å². The highest BCUT2D eigenvalue weighted by Gasteiger charge is 2.28. The van der Waals surface area contributed by atoms with Gasteiger partial charge >= 0.3 is 25.7 Å². The summed E-state index contributed by atoms with van der Waals surface area (Å²) in [6, 6.07) is -1.52. The van der Waals surface area contributed by atoms with Crippen LogP contribution in [0.1, 0.15) is 162 Å². The molecule has 0 aliphatic carbocycles. The lowest BCUT2D eigenvalue weighted by Crippen LogP contribution is -2.34. The van der Waals surface area contributed by atoms with Crippen molar-refractivity contribution >= 4 is 25.7 Å². The second-order valence-corrected chi connectivity index (χ2v) is 14.5. The molecule has 0 aliphatic heterocycles. The molecule has 0 radical (unpaired) electrons. The van der Waals surface area contributed by atoms with Crippen molar-refractivity contribution in [1.29, 1.82) is 0 Å². The second kappa shape index (κ2) is 34.8. The van der Waals surface area contributed by atoms with Gasteiger partial charge < -0.3 is 25.2 Å². The number of rotatable bonds is 36. The minimum absolute atomic E-state index is 0.157. The number of allylic oxidation sites excluding steroid dienone is 6. The molecule has 0 aliphatic rings. The maximum absolute atomic E-state index is 12.5. The van der Waals surface area contributed by atoms with Crippen LogP contribution in [0.25, 0.3) is 0 Å². The molecule has 0 amide bonds. The maximum Gasteiger partial charge on any atom is 0.472 e. The first-order valence-electron chi connectivity index (χ1n) is 19.5. The summed E-state index contributed by atoms with van der Waals surface area (Å²) in [6.45, 7) is 2.71. The highest BCUT2D eigenvalue weighted by atomic mass is 31.2. The van der Waals surface area contributed by atoms with E-state index < -0.39 is 51.1 Å². The molecule has 0 aromatic carbocycles. The number of phosphoric ester groups is 1. The molecule has 0 aromatic rings. The Balaban J connectivity index is 4.43. The summed E-state index contributed by atoms with van der Waals surface area (Å²) in [6.07, 6.45) is 35.0. The van der Waals surface area contributed by atoms with Gasteiger partial charge in [0.15, 0.2) is 6.10 Å². The Kier molecular flexibility index (Phi) is 33.2. The summed E-state index contributed by atoms with van der Waals surface area (Å²) in [5, 5.41) is 8.85. The van der Waals surface area contributed by atoms with Crippen LogP contribution in [-0.2, 0) is 37.5 Å².